The normalized spacial score (nSPS) is 13.5. The fourth-order valence-corrected chi connectivity index (χ4v) is 3.75. The van der Waals surface area contributed by atoms with Gasteiger partial charge in [-0.15, -0.1) is 11.3 Å². The summed E-state index contributed by atoms with van der Waals surface area (Å²) in [4.78, 5) is 2.93. The summed E-state index contributed by atoms with van der Waals surface area (Å²) < 4.78 is 13.2. The highest BCUT2D eigenvalue weighted by molar-refractivity contribution is 9.09. The van der Waals surface area contributed by atoms with E-state index in [9.17, 15) is 4.39 Å². The third kappa shape index (κ3) is 3.90. The molecular formula is C16H18BrFS. The average Bonchev–Trinajstić information content (AvgIpc) is 2.77. The second kappa shape index (κ2) is 5.76. The molecule has 1 heterocycles. The molecule has 0 nitrogen and oxygen atoms in total. The Hall–Kier alpha value is -0.670. The Kier molecular flexibility index (Phi) is 4.46. The van der Waals surface area contributed by atoms with Gasteiger partial charge in [-0.3, -0.25) is 0 Å². The molecule has 0 spiro atoms. The van der Waals surface area contributed by atoms with Gasteiger partial charge in [0.15, 0.2) is 0 Å². The zero-order valence-electron chi connectivity index (χ0n) is 11.4. The van der Waals surface area contributed by atoms with Gasteiger partial charge in [0.25, 0.3) is 0 Å². The van der Waals surface area contributed by atoms with Crippen LogP contribution < -0.4 is 0 Å². The summed E-state index contributed by atoms with van der Waals surface area (Å²) in [7, 11) is 0. The van der Waals surface area contributed by atoms with Gasteiger partial charge in [0, 0.05) is 9.75 Å². The van der Waals surface area contributed by atoms with Crippen LogP contribution in [0.5, 0.6) is 0 Å². The minimum absolute atomic E-state index is 0.168. The minimum atomic E-state index is -0.168. The molecule has 0 aliphatic carbocycles. The molecule has 1 aromatic heterocycles. The van der Waals surface area contributed by atoms with Gasteiger partial charge in [-0.2, -0.15) is 0 Å². The molecule has 102 valence electrons. The first-order valence-corrected chi connectivity index (χ1v) is 8.08. The van der Waals surface area contributed by atoms with Gasteiger partial charge < -0.3 is 0 Å². The Bertz CT molecular complexity index is 554. The van der Waals surface area contributed by atoms with Crippen LogP contribution in [0.25, 0.3) is 0 Å². The molecule has 1 atom stereocenters. The molecule has 0 saturated heterocycles. The minimum Gasteiger partial charge on any atom is -0.207 e. The summed E-state index contributed by atoms with van der Waals surface area (Å²) >= 11 is 5.55. The molecule has 2 rings (SSSR count). The SMILES string of the molecule is CC(C)(C)c1ccc(C(Br)Cc2cccc(F)c2)s1. The van der Waals surface area contributed by atoms with Crippen molar-refractivity contribution in [2.45, 2.75) is 37.4 Å². The van der Waals surface area contributed by atoms with Crippen LogP contribution in [0.15, 0.2) is 36.4 Å². The number of thiophene rings is 1. The molecule has 0 aliphatic rings. The molecule has 2 aromatic rings. The highest BCUT2D eigenvalue weighted by Gasteiger charge is 2.18. The number of hydrogen-bond donors (Lipinski definition) is 0. The van der Waals surface area contributed by atoms with Gasteiger partial charge in [-0.05, 0) is 41.7 Å². The van der Waals surface area contributed by atoms with Crippen molar-refractivity contribution in [2.24, 2.45) is 0 Å². The third-order valence-electron chi connectivity index (χ3n) is 2.98. The molecule has 1 unspecified atom stereocenters. The maximum absolute atomic E-state index is 13.2. The van der Waals surface area contributed by atoms with Gasteiger partial charge in [0.1, 0.15) is 5.82 Å². The van der Waals surface area contributed by atoms with Crippen LogP contribution >= 0.6 is 27.3 Å². The summed E-state index contributed by atoms with van der Waals surface area (Å²) in [5.74, 6) is -0.168. The van der Waals surface area contributed by atoms with Crippen molar-refractivity contribution < 1.29 is 4.39 Å². The second-order valence-electron chi connectivity index (χ2n) is 5.75. The summed E-state index contributed by atoms with van der Waals surface area (Å²) in [5, 5.41) is 0. The van der Waals surface area contributed by atoms with E-state index < -0.39 is 0 Å². The highest BCUT2D eigenvalue weighted by Crippen LogP contribution is 2.36. The maximum Gasteiger partial charge on any atom is 0.123 e. The monoisotopic (exact) mass is 340 g/mol. The Morgan fingerprint density at radius 3 is 2.53 bits per heavy atom. The molecule has 1 aromatic carbocycles. The van der Waals surface area contributed by atoms with E-state index >= 15 is 0 Å². The maximum atomic E-state index is 13.2. The van der Waals surface area contributed by atoms with E-state index in [4.69, 9.17) is 0 Å². The zero-order chi connectivity index (χ0) is 14.0. The quantitative estimate of drug-likeness (QED) is 0.613. The van der Waals surface area contributed by atoms with Crippen molar-refractivity contribution in [1.82, 2.24) is 0 Å². The lowest BCUT2D eigenvalue weighted by molar-refractivity contribution is 0.604. The van der Waals surface area contributed by atoms with E-state index in [1.807, 2.05) is 17.4 Å². The zero-order valence-corrected chi connectivity index (χ0v) is 13.8. The van der Waals surface area contributed by atoms with Gasteiger partial charge in [0.05, 0.1) is 4.83 Å². The molecule has 0 aliphatic heterocycles. The summed E-state index contributed by atoms with van der Waals surface area (Å²) in [6.07, 6.45) is 0.807. The molecule has 19 heavy (non-hydrogen) atoms. The topological polar surface area (TPSA) is 0 Å². The molecule has 3 heteroatoms. The number of alkyl halides is 1. The van der Waals surface area contributed by atoms with E-state index in [1.165, 1.54) is 15.8 Å². The van der Waals surface area contributed by atoms with Crippen LogP contribution in [0.3, 0.4) is 0 Å². The van der Waals surface area contributed by atoms with Crippen LogP contribution in [-0.4, -0.2) is 0 Å². The Morgan fingerprint density at radius 1 is 1.21 bits per heavy atom. The largest absolute Gasteiger partial charge is 0.207 e. The molecule has 0 saturated carbocycles. The standard InChI is InChI=1S/C16H18BrFS/c1-16(2,3)15-8-7-14(19-15)13(17)10-11-5-4-6-12(18)9-11/h4-9,13H,10H2,1-3H3. The van der Waals surface area contributed by atoms with Crippen LogP contribution in [0.2, 0.25) is 0 Å². The van der Waals surface area contributed by atoms with Gasteiger partial charge >= 0.3 is 0 Å². The lowest BCUT2D eigenvalue weighted by Crippen LogP contribution is -2.07. The Balaban J connectivity index is 2.12. The van der Waals surface area contributed by atoms with Crippen molar-refractivity contribution in [3.63, 3.8) is 0 Å². The third-order valence-corrected chi connectivity index (χ3v) is 5.72. The molecular weight excluding hydrogens is 323 g/mol. The fourth-order valence-electron chi connectivity index (χ4n) is 1.90. The first-order chi connectivity index (χ1) is 8.86. The Morgan fingerprint density at radius 2 is 1.95 bits per heavy atom. The fraction of sp³-hybridized carbons (Fsp3) is 0.375. The summed E-state index contributed by atoms with van der Waals surface area (Å²) in [6, 6.07) is 11.2. The Labute approximate surface area is 126 Å². The first kappa shape index (κ1) is 14.7. The second-order valence-corrected chi connectivity index (χ2v) is 7.97. The lowest BCUT2D eigenvalue weighted by atomic mass is 9.95. The molecule has 0 N–H and O–H groups in total. The van der Waals surface area contributed by atoms with Crippen LogP contribution in [-0.2, 0) is 11.8 Å². The van der Waals surface area contributed by atoms with Gasteiger partial charge in [-0.25, -0.2) is 4.39 Å². The summed E-state index contributed by atoms with van der Waals surface area (Å²) in [5.41, 5.74) is 1.21. The van der Waals surface area contributed by atoms with Crippen LogP contribution in [0, 0.1) is 5.82 Å². The lowest BCUT2D eigenvalue weighted by Gasteiger charge is -2.15. The van der Waals surface area contributed by atoms with Crippen molar-refractivity contribution in [3.8, 4) is 0 Å². The predicted octanol–water partition coefficient (Wildman–Crippen LogP) is 5.86. The number of benzene rings is 1. The first-order valence-electron chi connectivity index (χ1n) is 6.35. The molecule has 0 bridgehead atoms. The van der Waals surface area contributed by atoms with E-state index in [2.05, 4.69) is 48.8 Å². The molecule has 0 radical (unpaired) electrons. The number of rotatable bonds is 3. The van der Waals surface area contributed by atoms with E-state index in [-0.39, 0.29) is 16.1 Å². The number of halogens is 2. The van der Waals surface area contributed by atoms with Crippen LogP contribution in [0.1, 0.15) is 40.9 Å². The average molecular weight is 341 g/mol. The molecule has 0 fully saturated rings. The smallest absolute Gasteiger partial charge is 0.123 e. The van der Waals surface area contributed by atoms with E-state index in [1.54, 1.807) is 12.1 Å². The van der Waals surface area contributed by atoms with E-state index in [0.717, 1.165) is 12.0 Å². The van der Waals surface area contributed by atoms with Crippen molar-refractivity contribution in [1.29, 1.82) is 0 Å². The predicted molar refractivity (Wildman–Crippen MR) is 84.8 cm³/mol. The van der Waals surface area contributed by atoms with Gasteiger partial charge in [-0.1, -0.05) is 48.8 Å². The molecule has 0 amide bonds. The van der Waals surface area contributed by atoms with Crippen molar-refractivity contribution in [3.05, 3.63) is 57.5 Å². The van der Waals surface area contributed by atoms with Gasteiger partial charge in [0.2, 0.25) is 0 Å². The van der Waals surface area contributed by atoms with Crippen molar-refractivity contribution in [2.75, 3.05) is 0 Å². The summed E-state index contributed by atoms with van der Waals surface area (Å²) in [6.45, 7) is 6.66. The van der Waals surface area contributed by atoms with Crippen LogP contribution in [0.4, 0.5) is 4.39 Å². The van der Waals surface area contributed by atoms with E-state index in [0.29, 0.717) is 0 Å². The number of hydrogen-bond acceptors (Lipinski definition) is 1. The highest BCUT2D eigenvalue weighted by atomic mass is 79.9. The van der Waals surface area contributed by atoms with Crippen molar-refractivity contribution >= 4 is 27.3 Å².